The molecule has 0 bridgehead atoms. The number of carbonyl (C=O) groups is 1. The van der Waals surface area contributed by atoms with Crippen LogP contribution >= 0.6 is 22.9 Å². The molecule has 0 N–H and O–H groups in total. The number of anilines is 1. The van der Waals surface area contributed by atoms with Crippen LogP contribution in [0.4, 0.5) is 5.13 Å². The fourth-order valence-corrected chi connectivity index (χ4v) is 4.95. The van der Waals surface area contributed by atoms with E-state index in [2.05, 4.69) is 0 Å². The molecule has 0 radical (unpaired) electrons. The van der Waals surface area contributed by atoms with Gasteiger partial charge in [0.15, 0.2) is 10.7 Å². The van der Waals surface area contributed by atoms with Gasteiger partial charge in [0, 0.05) is 0 Å². The molecule has 5 aromatic rings. The molecule has 3 aromatic carbocycles. The Morgan fingerprint density at radius 1 is 1.09 bits per heavy atom. The Bertz CT molecular complexity index is 1460. The van der Waals surface area contributed by atoms with E-state index < -0.39 is 5.76 Å². The second kappa shape index (κ2) is 8.26. The minimum atomic E-state index is -0.567. The fourth-order valence-electron chi connectivity index (χ4n) is 3.62. The van der Waals surface area contributed by atoms with Crippen LogP contribution in [0, 0.1) is 6.92 Å². The number of benzene rings is 3. The van der Waals surface area contributed by atoms with Crippen LogP contribution in [0.1, 0.15) is 11.1 Å². The number of nitrogens with zero attached hydrogens (tertiary/aromatic N) is 3. The number of oxazole rings is 1. The van der Waals surface area contributed by atoms with Gasteiger partial charge in [0.25, 0.3) is 0 Å². The van der Waals surface area contributed by atoms with Crippen LogP contribution in [0.5, 0.6) is 0 Å². The van der Waals surface area contributed by atoms with Gasteiger partial charge in [-0.05, 0) is 36.2 Å². The Balaban J connectivity index is 1.57. The Morgan fingerprint density at radius 2 is 1.84 bits per heavy atom. The van der Waals surface area contributed by atoms with E-state index in [4.69, 9.17) is 21.0 Å². The molecule has 1 amide bonds. The van der Waals surface area contributed by atoms with Crippen LogP contribution in [-0.2, 0) is 17.9 Å². The van der Waals surface area contributed by atoms with Crippen LogP contribution < -0.4 is 10.7 Å². The lowest BCUT2D eigenvalue weighted by atomic mass is 10.2. The largest absolute Gasteiger partial charge is 0.420 e. The average molecular weight is 464 g/mol. The summed E-state index contributed by atoms with van der Waals surface area (Å²) < 4.78 is 7.47. The normalized spacial score (nSPS) is 11.3. The first-order valence-electron chi connectivity index (χ1n) is 9.99. The maximum absolute atomic E-state index is 13.5. The molecule has 8 heteroatoms. The summed E-state index contributed by atoms with van der Waals surface area (Å²) in [6.45, 7) is 2.12. The molecule has 0 aliphatic carbocycles. The number of para-hydroxylation sites is 2. The molecule has 0 aliphatic rings. The number of aromatic nitrogens is 2. The van der Waals surface area contributed by atoms with E-state index in [1.54, 1.807) is 29.2 Å². The number of carbonyl (C=O) groups excluding carboxylic acids is 1. The molecular formula is C24H18ClN3O3S. The molecule has 0 atom stereocenters. The second-order valence-corrected chi connectivity index (χ2v) is 8.81. The molecular weight excluding hydrogens is 446 g/mol. The number of rotatable bonds is 5. The molecule has 6 nitrogen and oxygen atoms in total. The highest BCUT2D eigenvalue weighted by Crippen LogP contribution is 2.36. The minimum Gasteiger partial charge on any atom is -0.408 e. The average Bonchev–Trinajstić information content (AvgIpc) is 3.38. The lowest BCUT2D eigenvalue weighted by Crippen LogP contribution is -2.35. The standard InChI is InChI=1S/C24H18ClN3O3S/c1-15-11-12-17(25)22-21(15)26-23(32-22)28(13-16-7-3-2-4-8-16)20(29)14-27-18-9-5-6-10-19(18)31-24(27)30/h2-12H,13-14H2,1H3. The van der Waals surface area contributed by atoms with Gasteiger partial charge in [0.2, 0.25) is 5.91 Å². The summed E-state index contributed by atoms with van der Waals surface area (Å²) in [5.74, 6) is -0.835. The summed E-state index contributed by atoms with van der Waals surface area (Å²) in [6, 6.07) is 20.5. The Hall–Kier alpha value is -3.42. The van der Waals surface area contributed by atoms with Gasteiger partial charge in [-0.25, -0.2) is 9.78 Å². The van der Waals surface area contributed by atoms with Gasteiger partial charge >= 0.3 is 5.76 Å². The highest BCUT2D eigenvalue weighted by atomic mass is 35.5. The quantitative estimate of drug-likeness (QED) is 0.350. The van der Waals surface area contributed by atoms with Gasteiger partial charge in [-0.15, -0.1) is 0 Å². The van der Waals surface area contributed by atoms with Crippen molar-refractivity contribution in [2.45, 2.75) is 20.0 Å². The van der Waals surface area contributed by atoms with Crippen molar-refractivity contribution in [3.63, 3.8) is 0 Å². The van der Waals surface area contributed by atoms with E-state index in [1.807, 2.05) is 49.4 Å². The first kappa shape index (κ1) is 20.5. The number of hydrogen-bond donors (Lipinski definition) is 0. The van der Waals surface area contributed by atoms with Gasteiger partial charge in [-0.2, -0.15) is 0 Å². The van der Waals surface area contributed by atoms with Crippen LogP contribution in [0.3, 0.4) is 0 Å². The zero-order valence-corrected chi connectivity index (χ0v) is 18.7. The van der Waals surface area contributed by atoms with Crippen molar-refractivity contribution < 1.29 is 9.21 Å². The lowest BCUT2D eigenvalue weighted by molar-refractivity contribution is -0.119. The van der Waals surface area contributed by atoms with Crippen LogP contribution in [0.25, 0.3) is 21.3 Å². The van der Waals surface area contributed by atoms with E-state index in [9.17, 15) is 9.59 Å². The molecule has 0 spiro atoms. The third-order valence-corrected chi connectivity index (χ3v) is 6.81. The van der Waals surface area contributed by atoms with Gasteiger partial charge in [0.05, 0.1) is 27.3 Å². The molecule has 2 heterocycles. The van der Waals surface area contributed by atoms with E-state index in [-0.39, 0.29) is 12.5 Å². The molecule has 2 aromatic heterocycles. The molecule has 0 fully saturated rings. The zero-order valence-electron chi connectivity index (χ0n) is 17.1. The minimum absolute atomic E-state index is 0.161. The summed E-state index contributed by atoms with van der Waals surface area (Å²) in [7, 11) is 0. The molecule has 32 heavy (non-hydrogen) atoms. The number of hydrogen-bond acceptors (Lipinski definition) is 5. The monoisotopic (exact) mass is 463 g/mol. The van der Waals surface area contributed by atoms with Gasteiger partial charge in [0.1, 0.15) is 6.54 Å². The second-order valence-electron chi connectivity index (χ2n) is 7.43. The highest BCUT2D eigenvalue weighted by Gasteiger charge is 2.23. The van der Waals surface area contributed by atoms with Crippen molar-refractivity contribution in [3.05, 3.63) is 93.4 Å². The van der Waals surface area contributed by atoms with E-state index in [1.165, 1.54) is 15.9 Å². The first-order chi connectivity index (χ1) is 15.5. The zero-order chi connectivity index (χ0) is 22.2. The number of thiazole rings is 1. The number of aryl methyl sites for hydroxylation is 1. The fraction of sp³-hybridized carbons (Fsp3) is 0.125. The van der Waals surface area contributed by atoms with Crippen LogP contribution in [0.15, 0.2) is 75.9 Å². The van der Waals surface area contributed by atoms with Crippen molar-refractivity contribution in [2.24, 2.45) is 0 Å². The van der Waals surface area contributed by atoms with Gasteiger partial charge < -0.3 is 4.42 Å². The van der Waals surface area contributed by atoms with Crippen molar-refractivity contribution in [1.82, 2.24) is 9.55 Å². The Morgan fingerprint density at radius 3 is 2.62 bits per heavy atom. The summed E-state index contributed by atoms with van der Waals surface area (Å²) in [4.78, 5) is 32.3. The first-order valence-corrected chi connectivity index (χ1v) is 11.2. The molecule has 0 saturated carbocycles. The molecule has 0 saturated heterocycles. The third kappa shape index (κ3) is 3.70. The smallest absolute Gasteiger partial charge is 0.408 e. The lowest BCUT2D eigenvalue weighted by Gasteiger charge is -2.20. The van der Waals surface area contributed by atoms with Crippen molar-refractivity contribution in [3.8, 4) is 0 Å². The van der Waals surface area contributed by atoms with Gasteiger partial charge in [-0.1, -0.05) is 71.5 Å². The maximum Gasteiger partial charge on any atom is 0.420 e. The predicted molar refractivity (Wildman–Crippen MR) is 127 cm³/mol. The van der Waals surface area contributed by atoms with Crippen LogP contribution in [0.2, 0.25) is 5.02 Å². The Kier molecular flexibility index (Phi) is 5.28. The molecule has 0 aliphatic heterocycles. The Labute approximate surface area is 192 Å². The van der Waals surface area contributed by atoms with Crippen LogP contribution in [-0.4, -0.2) is 15.5 Å². The van der Waals surface area contributed by atoms with Gasteiger partial charge in [-0.3, -0.25) is 14.3 Å². The van der Waals surface area contributed by atoms with E-state index in [0.29, 0.717) is 27.8 Å². The van der Waals surface area contributed by atoms with E-state index >= 15 is 0 Å². The highest BCUT2D eigenvalue weighted by molar-refractivity contribution is 7.23. The third-order valence-electron chi connectivity index (χ3n) is 5.27. The topological polar surface area (TPSA) is 68.3 Å². The molecule has 0 unspecified atom stereocenters. The van der Waals surface area contributed by atoms with Crippen molar-refractivity contribution in [1.29, 1.82) is 0 Å². The van der Waals surface area contributed by atoms with E-state index in [0.717, 1.165) is 21.3 Å². The molecule has 5 rings (SSSR count). The predicted octanol–water partition coefficient (Wildman–Crippen LogP) is 5.40. The summed E-state index contributed by atoms with van der Waals surface area (Å²) in [5, 5.41) is 1.13. The number of amides is 1. The summed E-state index contributed by atoms with van der Waals surface area (Å²) in [5.41, 5.74) is 3.73. The SMILES string of the molecule is Cc1ccc(Cl)c2sc(N(Cc3ccccc3)C(=O)Cn3c(=O)oc4ccccc43)nc12. The van der Waals surface area contributed by atoms with Crippen molar-refractivity contribution in [2.75, 3.05) is 4.90 Å². The van der Waals surface area contributed by atoms with Crippen molar-refractivity contribution >= 4 is 55.3 Å². The number of halogens is 1. The summed E-state index contributed by atoms with van der Waals surface area (Å²) in [6.07, 6.45) is 0. The maximum atomic E-state index is 13.5. The number of fused-ring (bicyclic) bond motifs is 2. The summed E-state index contributed by atoms with van der Waals surface area (Å²) >= 11 is 7.76. The molecule has 160 valence electrons.